The van der Waals surface area contributed by atoms with Crippen molar-refractivity contribution in [2.24, 2.45) is 4.99 Å². The smallest absolute Gasteiger partial charge is 0.191 e. The van der Waals surface area contributed by atoms with Crippen molar-refractivity contribution in [1.82, 2.24) is 10.6 Å². The number of nitrogens with one attached hydrogen (secondary N) is 2. The molecule has 0 spiro atoms. The maximum Gasteiger partial charge on any atom is 0.191 e. The van der Waals surface area contributed by atoms with Crippen molar-refractivity contribution in [2.45, 2.75) is 26.9 Å². The first-order valence-electron chi connectivity index (χ1n) is 10.3. The first-order chi connectivity index (χ1) is 14.2. The molecule has 3 rings (SSSR count). The monoisotopic (exact) mass is 524 g/mol. The Bertz CT molecular complexity index is 823. The van der Waals surface area contributed by atoms with Gasteiger partial charge >= 0.3 is 0 Å². The molecule has 164 valence electrons. The Morgan fingerprint density at radius 2 is 1.77 bits per heavy atom. The largest absolute Gasteiger partial charge is 0.494 e. The zero-order valence-corrected chi connectivity index (χ0v) is 20.4. The maximum atomic E-state index is 5.78. The van der Waals surface area contributed by atoms with Gasteiger partial charge in [-0.1, -0.05) is 30.3 Å². The molecule has 1 heterocycles. The zero-order valence-electron chi connectivity index (χ0n) is 18.1. The molecule has 0 radical (unpaired) electrons. The molecule has 1 aliphatic rings. The number of aliphatic imine (C=N–C) groups is 1. The number of guanidine groups is 1. The minimum absolute atomic E-state index is 0. The molecule has 1 saturated heterocycles. The molecule has 2 aromatic rings. The first kappa shape index (κ1) is 24.3. The molecule has 1 aliphatic heterocycles. The van der Waals surface area contributed by atoms with Crippen LogP contribution in [0, 0.1) is 6.92 Å². The van der Waals surface area contributed by atoms with Gasteiger partial charge in [-0.2, -0.15) is 0 Å². The van der Waals surface area contributed by atoms with Gasteiger partial charge < -0.3 is 25.0 Å². The Morgan fingerprint density at radius 3 is 2.47 bits per heavy atom. The Kier molecular flexibility index (Phi) is 10.2. The highest BCUT2D eigenvalue weighted by Crippen LogP contribution is 2.22. The summed E-state index contributed by atoms with van der Waals surface area (Å²) in [7, 11) is 1.79. The standard InChI is InChI=1S/C23H32N4O2.HI/c1-4-29-22-15-18(2)9-10-20(22)17-26-23(24-3)25-16-19-7-5-6-8-21(19)27-11-13-28-14-12-27;/h5-10,15H,4,11-14,16-17H2,1-3H3,(H2,24,25,26);1H. The van der Waals surface area contributed by atoms with Crippen LogP contribution in [0.3, 0.4) is 0 Å². The number of benzene rings is 2. The third kappa shape index (κ3) is 6.77. The highest BCUT2D eigenvalue weighted by molar-refractivity contribution is 14.0. The number of halogens is 1. The fraction of sp³-hybridized carbons (Fsp3) is 0.435. The number of para-hydroxylation sites is 1. The molecule has 0 unspecified atom stereocenters. The number of rotatable bonds is 7. The number of anilines is 1. The fourth-order valence-corrected chi connectivity index (χ4v) is 3.45. The number of aryl methyl sites for hydroxylation is 1. The van der Waals surface area contributed by atoms with E-state index in [1.54, 1.807) is 7.05 Å². The summed E-state index contributed by atoms with van der Waals surface area (Å²) in [6, 6.07) is 14.8. The van der Waals surface area contributed by atoms with Crippen LogP contribution in [0.15, 0.2) is 47.5 Å². The molecule has 7 heteroatoms. The van der Waals surface area contributed by atoms with E-state index >= 15 is 0 Å². The van der Waals surface area contributed by atoms with Crippen LogP contribution < -0.4 is 20.3 Å². The number of nitrogens with zero attached hydrogens (tertiary/aromatic N) is 2. The third-order valence-corrected chi connectivity index (χ3v) is 4.98. The normalized spacial score (nSPS) is 14.1. The van der Waals surface area contributed by atoms with Crippen molar-refractivity contribution < 1.29 is 9.47 Å². The fourth-order valence-electron chi connectivity index (χ4n) is 3.45. The van der Waals surface area contributed by atoms with E-state index in [2.05, 4.69) is 69.9 Å². The van der Waals surface area contributed by atoms with Gasteiger partial charge in [-0.25, -0.2) is 0 Å². The maximum absolute atomic E-state index is 5.78. The first-order valence-corrected chi connectivity index (χ1v) is 10.3. The highest BCUT2D eigenvalue weighted by atomic mass is 127. The van der Waals surface area contributed by atoms with E-state index < -0.39 is 0 Å². The summed E-state index contributed by atoms with van der Waals surface area (Å²) >= 11 is 0. The minimum atomic E-state index is 0. The second-order valence-electron chi connectivity index (χ2n) is 7.05. The number of morpholine rings is 1. The number of hydrogen-bond donors (Lipinski definition) is 2. The molecule has 0 aliphatic carbocycles. The number of ether oxygens (including phenoxy) is 2. The Labute approximate surface area is 197 Å². The van der Waals surface area contributed by atoms with Crippen LogP contribution in [0.2, 0.25) is 0 Å². The second-order valence-corrected chi connectivity index (χ2v) is 7.05. The van der Waals surface area contributed by atoms with Crippen molar-refractivity contribution in [3.05, 3.63) is 59.2 Å². The van der Waals surface area contributed by atoms with Gasteiger partial charge in [0.15, 0.2) is 5.96 Å². The van der Waals surface area contributed by atoms with E-state index in [4.69, 9.17) is 9.47 Å². The van der Waals surface area contributed by atoms with E-state index in [0.29, 0.717) is 19.7 Å². The van der Waals surface area contributed by atoms with Gasteiger partial charge in [0.2, 0.25) is 0 Å². The lowest BCUT2D eigenvalue weighted by molar-refractivity contribution is 0.122. The molecular formula is C23H33IN4O2. The molecule has 0 aromatic heterocycles. The van der Waals surface area contributed by atoms with Crippen LogP contribution in [-0.2, 0) is 17.8 Å². The molecule has 0 bridgehead atoms. The van der Waals surface area contributed by atoms with E-state index in [-0.39, 0.29) is 24.0 Å². The van der Waals surface area contributed by atoms with Crippen LogP contribution >= 0.6 is 24.0 Å². The lowest BCUT2D eigenvalue weighted by Crippen LogP contribution is -2.39. The van der Waals surface area contributed by atoms with Gasteiger partial charge in [-0.05, 0) is 37.1 Å². The van der Waals surface area contributed by atoms with Crippen LogP contribution in [0.1, 0.15) is 23.6 Å². The molecule has 0 amide bonds. The lowest BCUT2D eigenvalue weighted by Gasteiger charge is -2.30. The molecule has 0 atom stereocenters. The summed E-state index contributed by atoms with van der Waals surface area (Å²) in [4.78, 5) is 6.76. The van der Waals surface area contributed by atoms with E-state index in [1.807, 2.05) is 6.92 Å². The summed E-state index contributed by atoms with van der Waals surface area (Å²) in [5, 5.41) is 6.84. The summed E-state index contributed by atoms with van der Waals surface area (Å²) in [5.74, 6) is 1.69. The average molecular weight is 524 g/mol. The van der Waals surface area contributed by atoms with Gasteiger partial charge in [0.1, 0.15) is 5.75 Å². The molecule has 0 saturated carbocycles. The highest BCUT2D eigenvalue weighted by Gasteiger charge is 2.14. The number of hydrogen-bond acceptors (Lipinski definition) is 4. The topological polar surface area (TPSA) is 58.1 Å². The van der Waals surface area contributed by atoms with Gasteiger partial charge in [-0.15, -0.1) is 24.0 Å². The van der Waals surface area contributed by atoms with Gasteiger partial charge in [-0.3, -0.25) is 4.99 Å². The van der Waals surface area contributed by atoms with E-state index in [9.17, 15) is 0 Å². The lowest BCUT2D eigenvalue weighted by atomic mass is 10.1. The minimum Gasteiger partial charge on any atom is -0.494 e. The van der Waals surface area contributed by atoms with Crippen LogP contribution in [0.5, 0.6) is 5.75 Å². The Balaban J connectivity index is 0.00000320. The van der Waals surface area contributed by atoms with Crippen molar-refractivity contribution >= 4 is 35.6 Å². The Hall–Kier alpha value is -2.00. The van der Waals surface area contributed by atoms with Crippen molar-refractivity contribution in [1.29, 1.82) is 0 Å². The molecule has 1 fully saturated rings. The Morgan fingerprint density at radius 1 is 1.07 bits per heavy atom. The summed E-state index contributed by atoms with van der Waals surface area (Å²) in [5.41, 5.74) is 4.83. The third-order valence-electron chi connectivity index (χ3n) is 4.98. The second kappa shape index (κ2) is 12.6. The summed E-state index contributed by atoms with van der Waals surface area (Å²) in [6.07, 6.45) is 0. The van der Waals surface area contributed by atoms with Crippen molar-refractivity contribution in [2.75, 3.05) is 44.9 Å². The SMILES string of the molecule is CCOc1cc(C)ccc1CNC(=NC)NCc1ccccc1N1CCOCC1.I. The van der Waals surface area contributed by atoms with E-state index in [1.165, 1.54) is 16.8 Å². The average Bonchev–Trinajstić information content (AvgIpc) is 2.76. The summed E-state index contributed by atoms with van der Waals surface area (Å²) < 4.78 is 11.3. The zero-order chi connectivity index (χ0) is 20.5. The van der Waals surface area contributed by atoms with Gasteiger partial charge in [0, 0.05) is 44.5 Å². The van der Waals surface area contributed by atoms with Gasteiger partial charge in [0.25, 0.3) is 0 Å². The molecule has 2 N–H and O–H groups in total. The molecule has 2 aromatic carbocycles. The quantitative estimate of drug-likeness (QED) is 0.329. The summed E-state index contributed by atoms with van der Waals surface area (Å²) in [6.45, 7) is 9.52. The molecular weight excluding hydrogens is 491 g/mol. The predicted molar refractivity (Wildman–Crippen MR) is 134 cm³/mol. The van der Waals surface area contributed by atoms with Crippen molar-refractivity contribution in [3.63, 3.8) is 0 Å². The molecule has 30 heavy (non-hydrogen) atoms. The van der Waals surface area contributed by atoms with Crippen LogP contribution in [0.25, 0.3) is 0 Å². The van der Waals surface area contributed by atoms with Crippen LogP contribution in [-0.4, -0.2) is 45.9 Å². The van der Waals surface area contributed by atoms with Crippen LogP contribution in [0.4, 0.5) is 5.69 Å². The van der Waals surface area contributed by atoms with E-state index in [0.717, 1.165) is 43.6 Å². The van der Waals surface area contributed by atoms with Gasteiger partial charge in [0.05, 0.1) is 19.8 Å². The molecule has 6 nitrogen and oxygen atoms in total. The van der Waals surface area contributed by atoms with Crippen molar-refractivity contribution in [3.8, 4) is 5.75 Å². The predicted octanol–water partition coefficient (Wildman–Crippen LogP) is 3.71.